The Bertz CT molecular complexity index is 928. The third kappa shape index (κ3) is 3.74. The molecule has 0 fully saturated rings. The first-order valence-electron chi connectivity index (χ1n) is 8.56. The van der Waals surface area contributed by atoms with Gasteiger partial charge in [-0.2, -0.15) is 0 Å². The summed E-state index contributed by atoms with van der Waals surface area (Å²) in [5.74, 6) is -0.451. The first-order valence-corrected chi connectivity index (χ1v) is 8.56. The number of hydrogen-bond acceptors (Lipinski definition) is 3. The predicted octanol–water partition coefficient (Wildman–Crippen LogP) is 3.12. The largest absolute Gasteiger partial charge is 0.344 e. The Hall–Kier alpha value is -3.15. The summed E-state index contributed by atoms with van der Waals surface area (Å²) in [6, 6.07) is 14.9. The van der Waals surface area contributed by atoms with Gasteiger partial charge in [-0.1, -0.05) is 26.0 Å². The van der Waals surface area contributed by atoms with Gasteiger partial charge in [0.1, 0.15) is 12.4 Å². The number of benzene rings is 2. The molecule has 1 aromatic heterocycles. The zero-order chi connectivity index (χ0) is 18.7. The molecule has 2 aromatic carbocycles. The Labute approximate surface area is 152 Å². The summed E-state index contributed by atoms with van der Waals surface area (Å²) in [7, 11) is 0. The summed E-state index contributed by atoms with van der Waals surface area (Å²) < 4.78 is 2.00. The second kappa shape index (κ2) is 7.39. The Morgan fingerprint density at radius 2 is 1.73 bits per heavy atom. The summed E-state index contributed by atoms with van der Waals surface area (Å²) in [5.41, 5.74) is 3.59. The third-order valence-electron chi connectivity index (χ3n) is 4.17. The van der Waals surface area contributed by atoms with Crippen molar-refractivity contribution in [1.82, 2.24) is 14.9 Å². The first kappa shape index (κ1) is 17.7. The lowest BCUT2D eigenvalue weighted by Crippen LogP contribution is -2.46. The topological polar surface area (TPSA) is 76.0 Å². The Kier molecular flexibility index (Phi) is 5.02. The summed E-state index contributed by atoms with van der Waals surface area (Å²) in [4.78, 5) is 28.1. The van der Waals surface area contributed by atoms with Crippen LogP contribution in [0.25, 0.3) is 16.7 Å². The molecule has 0 radical (unpaired) electrons. The van der Waals surface area contributed by atoms with E-state index < -0.39 is 6.04 Å². The smallest absolute Gasteiger partial charge is 0.247 e. The van der Waals surface area contributed by atoms with Gasteiger partial charge in [-0.3, -0.25) is 14.2 Å². The number of anilines is 1. The quantitative estimate of drug-likeness (QED) is 0.742. The standard InChI is InChI=1S/C20H22N4O2/c1-13(2)19(22-14(3)25)20(26)23-15-8-10-16(11-9-15)24-12-21-17-6-4-5-7-18(17)24/h4-13,19H,1-3H3,(H,22,25)(H,23,26)/t19-/m1/s1. The number of carbonyl (C=O) groups is 2. The number of nitrogens with one attached hydrogen (secondary N) is 2. The number of fused-ring (bicyclic) bond motifs is 1. The number of aromatic nitrogens is 2. The average Bonchev–Trinajstić information content (AvgIpc) is 3.04. The summed E-state index contributed by atoms with van der Waals surface area (Å²) in [6.45, 7) is 5.20. The van der Waals surface area contributed by atoms with Crippen LogP contribution in [-0.2, 0) is 9.59 Å². The van der Waals surface area contributed by atoms with Crippen LogP contribution in [0, 0.1) is 5.92 Å². The maximum absolute atomic E-state index is 12.4. The van der Waals surface area contributed by atoms with Crippen LogP contribution < -0.4 is 10.6 Å². The van der Waals surface area contributed by atoms with E-state index in [9.17, 15) is 9.59 Å². The molecule has 2 N–H and O–H groups in total. The van der Waals surface area contributed by atoms with Crippen molar-refractivity contribution < 1.29 is 9.59 Å². The number of carbonyl (C=O) groups excluding carboxylic acids is 2. The highest BCUT2D eigenvalue weighted by atomic mass is 16.2. The molecule has 0 saturated heterocycles. The SMILES string of the molecule is CC(=O)N[C@@H](C(=O)Nc1ccc(-n2cnc3ccccc32)cc1)C(C)C. The van der Waals surface area contributed by atoms with E-state index in [0.29, 0.717) is 5.69 Å². The van der Waals surface area contributed by atoms with Gasteiger partial charge in [0.15, 0.2) is 0 Å². The summed E-state index contributed by atoms with van der Waals surface area (Å²) in [5, 5.41) is 5.55. The van der Waals surface area contributed by atoms with Crippen LogP contribution in [0.3, 0.4) is 0 Å². The molecule has 0 unspecified atom stereocenters. The van der Waals surface area contributed by atoms with Gasteiger partial charge in [0.2, 0.25) is 11.8 Å². The Balaban J connectivity index is 1.77. The molecule has 0 aliphatic carbocycles. The number of nitrogens with zero attached hydrogens (tertiary/aromatic N) is 2. The van der Waals surface area contributed by atoms with E-state index in [1.807, 2.05) is 66.9 Å². The Morgan fingerprint density at radius 3 is 2.38 bits per heavy atom. The minimum absolute atomic E-state index is 0.00418. The van der Waals surface area contributed by atoms with E-state index in [1.54, 1.807) is 6.33 Å². The van der Waals surface area contributed by atoms with Gasteiger partial charge in [-0.15, -0.1) is 0 Å². The maximum Gasteiger partial charge on any atom is 0.247 e. The number of hydrogen-bond donors (Lipinski definition) is 2. The molecule has 134 valence electrons. The zero-order valence-electron chi connectivity index (χ0n) is 15.1. The molecule has 0 spiro atoms. The minimum Gasteiger partial charge on any atom is -0.344 e. The van der Waals surface area contributed by atoms with E-state index in [2.05, 4.69) is 15.6 Å². The lowest BCUT2D eigenvalue weighted by molar-refractivity contribution is -0.126. The molecule has 0 aliphatic rings. The minimum atomic E-state index is -0.565. The molecular weight excluding hydrogens is 328 g/mol. The van der Waals surface area contributed by atoms with Gasteiger partial charge in [-0.05, 0) is 42.3 Å². The van der Waals surface area contributed by atoms with E-state index in [-0.39, 0.29) is 17.7 Å². The lowest BCUT2D eigenvalue weighted by atomic mass is 10.0. The molecular formula is C20H22N4O2. The van der Waals surface area contributed by atoms with E-state index in [0.717, 1.165) is 16.7 Å². The fourth-order valence-corrected chi connectivity index (χ4v) is 2.84. The van der Waals surface area contributed by atoms with E-state index >= 15 is 0 Å². The van der Waals surface area contributed by atoms with Crippen LogP contribution in [0.2, 0.25) is 0 Å². The number of imidazole rings is 1. The third-order valence-corrected chi connectivity index (χ3v) is 4.17. The van der Waals surface area contributed by atoms with Gasteiger partial charge in [0.05, 0.1) is 11.0 Å². The number of amides is 2. The van der Waals surface area contributed by atoms with Gasteiger partial charge >= 0.3 is 0 Å². The zero-order valence-corrected chi connectivity index (χ0v) is 15.1. The van der Waals surface area contributed by atoms with Crippen LogP contribution in [0.1, 0.15) is 20.8 Å². The molecule has 0 bridgehead atoms. The highest BCUT2D eigenvalue weighted by Gasteiger charge is 2.22. The summed E-state index contributed by atoms with van der Waals surface area (Å²) >= 11 is 0. The first-order chi connectivity index (χ1) is 12.5. The molecule has 2 amide bonds. The van der Waals surface area contributed by atoms with Gasteiger partial charge in [-0.25, -0.2) is 4.98 Å². The van der Waals surface area contributed by atoms with E-state index in [1.165, 1.54) is 6.92 Å². The van der Waals surface area contributed by atoms with Crippen molar-refractivity contribution in [3.05, 3.63) is 54.9 Å². The average molecular weight is 350 g/mol. The predicted molar refractivity (Wildman–Crippen MR) is 102 cm³/mol. The second-order valence-corrected chi connectivity index (χ2v) is 6.56. The number of rotatable bonds is 5. The van der Waals surface area contributed by atoms with Crippen molar-refractivity contribution in [2.75, 3.05) is 5.32 Å². The molecule has 3 aromatic rings. The molecule has 0 saturated carbocycles. The van der Waals surface area contributed by atoms with Gasteiger partial charge in [0, 0.05) is 18.3 Å². The van der Waals surface area contributed by atoms with Crippen LogP contribution in [0.5, 0.6) is 0 Å². The van der Waals surface area contributed by atoms with E-state index in [4.69, 9.17) is 0 Å². The monoisotopic (exact) mass is 350 g/mol. The number of para-hydroxylation sites is 2. The van der Waals surface area contributed by atoms with Crippen molar-refractivity contribution in [2.24, 2.45) is 5.92 Å². The van der Waals surface area contributed by atoms with Crippen molar-refractivity contribution >= 4 is 28.5 Å². The molecule has 6 heteroatoms. The van der Waals surface area contributed by atoms with Crippen molar-refractivity contribution in [2.45, 2.75) is 26.8 Å². The van der Waals surface area contributed by atoms with Crippen LogP contribution in [-0.4, -0.2) is 27.4 Å². The van der Waals surface area contributed by atoms with Crippen LogP contribution in [0.4, 0.5) is 5.69 Å². The summed E-state index contributed by atoms with van der Waals surface area (Å²) in [6.07, 6.45) is 1.78. The molecule has 1 atom stereocenters. The maximum atomic E-state index is 12.4. The molecule has 6 nitrogen and oxygen atoms in total. The lowest BCUT2D eigenvalue weighted by Gasteiger charge is -2.21. The molecule has 0 aliphatic heterocycles. The highest BCUT2D eigenvalue weighted by Crippen LogP contribution is 2.20. The second-order valence-electron chi connectivity index (χ2n) is 6.56. The highest BCUT2D eigenvalue weighted by molar-refractivity contribution is 5.97. The molecule has 1 heterocycles. The molecule has 26 heavy (non-hydrogen) atoms. The van der Waals surface area contributed by atoms with Crippen molar-refractivity contribution in [1.29, 1.82) is 0 Å². The van der Waals surface area contributed by atoms with Gasteiger partial charge < -0.3 is 10.6 Å². The van der Waals surface area contributed by atoms with Gasteiger partial charge in [0.25, 0.3) is 0 Å². The van der Waals surface area contributed by atoms with Crippen molar-refractivity contribution in [3.63, 3.8) is 0 Å². The molecule has 3 rings (SSSR count). The van der Waals surface area contributed by atoms with Crippen LogP contribution >= 0.6 is 0 Å². The Morgan fingerprint density at radius 1 is 1.04 bits per heavy atom. The normalized spacial score (nSPS) is 12.2. The fourth-order valence-electron chi connectivity index (χ4n) is 2.84. The van der Waals surface area contributed by atoms with Crippen molar-refractivity contribution in [3.8, 4) is 5.69 Å². The van der Waals surface area contributed by atoms with Crippen LogP contribution in [0.15, 0.2) is 54.9 Å². The fraction of sp³-hybridized carbons (Fsp3) is 0.250.